The van der Waals surface area contributed by atoms with E-state index in [0.717, 1.165) is 36.5 Å². The molecule has 0 aromatic carbocycles. The molecule has 5 heteroatoms. The van der Waals surface area contributed by atoms with Crippen molar-refractivity contribution in [3.8, 4) is 0 Å². The van der Waals surface area contributed by atoms with Crippen molar-refractivity contribution >= 4 is 22.4 Å². The summed E-state index contributed by atoms with van der Waals surface area (Å²) in [6.07, 6.45) is 3.96. The van der Waals surface area contributed by atoms with Crippen LogP contribution in [0.5, 0.6) is 0 Å². The summed E-state index contributed by atoms with van der Waals surface area (Å²) in [5.41, 5.74) is 0.942. The molecular weight excluding hydrogens is 260 g/mol. The number of esters is 1. The highest BCUT2D eigenvalue weighted by molar-refractivity contribution is 7.15. The van der Waals surface area contributed by atoms with Crippen molar-refractivity contribution in [2.45, 2.75) is 58.4 Å². The number of thiazole rings is 1. The normalized spacial score (nSPS) is 17.6. The maximum Gasteiger partial charge on any atom is 0.315 e. The first-order valence-corrected chi connectivity index (χ1v) is 7.93. The quantitative estimate of drug-likeness (QED) is 0.813. The van der Waals surface area contributed by atoms with Crippen LogP contribution in [0, 0.1) is 0 Å². The molecule has 1 unspecified atom stereocenters. The molecule has 0 saturated heterocycles. The lowest BCUT2D eigenvalue weighted by molar-refractivity contribution is -0.145. The van der Waals surface area contributed by atoms with Crippen LogP contribution in [0.1, 0.15) is 56.5 Å². The largest absolute Gasteiger partial charge is 0.465 e. The number of hydrogen-bond donors (Lipinski definition) is 1. The van der Waals surface area contributed by atoms with Gasteiger partial charge in [0.05, 0.1) is 12.3 Å². The van der Waals surface area contributed by atoms with E-state index < -0.39 is 0 Å². The third-order valence-electron chi connectivity index (χ3n) is 3.60. The smallest absolute Gasteiger partial charge is 0.315 e. The number of aryl methyl sites for hydroxylation is 1. The van der Waals surface area contributed by atoms with Gasteiger partial charge in [-0.05, 0) is 32.6 Å². The Morgan fingerprint density at radius 1 is 1.47 bits per heavy atom. The summed E-state index contributed by atoms with van der Waals surface area (Å²) >= 11 is 1.69. The van der Waals surface area contributed by atoms with Crippen molar-refractivity contribution in [2.75, 3.05) is 11.9 Å². The van der Waals surface area contributed by atoms with E-state index in [4.69, 9.17) is 4.74 Å². The number of anilines is 1. The molecule has 1 aliphatic rings. The Hall–Kier alpha value is -1.10. The summed E-state index contributed by atoms with van der Waals surface area (Å²) in [5.74, 6) is -0.274. The lowest BCUT2D eigenvalue weighted by Crippen LogP contribution is -2.17. The molecule has 0 fully saturated rings. The fourth-order valence-electron chi connectivity index (χ4n) is 2.43. The number of rotatable bonds is 6. The molecular formula is C14H22N2O2S. The second-order valence-electron chi connectivity index (χ2n) is 4.83. The first-order valence-electron chi connectivity index (χ1n) is 7.12. The van der Waals surface area contributed by atoms with Crippen molar-refractivity contribution < 1.29 is 9.53 Å². The van der Waals surface area contributed by atoms with Crippen molar-refractivity contribution in [1.82, 2.24) is 4.98 Å². The Bertz CT molecular complexity index is 441. The van der Waals surface area contributed by atoms with Crippen LogP contribution in [0.15, 0.2) is 0 Å². The van der Waals surface area contributed by atoms with Crippen LogP contribution >= 0.6 is 11.3 Å². The van der Waals surface area contributed by atoms with E-state index >= 15 is 0 Å². The monoisotopic (exact) mass is 282 g/mol. The van der Waals surface area contributed by atoms with Crippen LogP contribution in [0.2, 0.25) is 0 Å². The fourth-order valence-corrected chi connectivity index (χ4v) is 3.54. The highest BCUT2D eigenvalue weighted by Gasteiger charge is 2.33. The second-order valence-corrected chi connectivity index (χ2v) is 5.91. The molecule has 1 atom stereocenters. The van der Waals surface area contributed by atoms with Gasteiger partial charge < -0.3 is 10.1 Å². The van der Waals surface area contributed by atoms with Gasteiger partial charge in [-0.1, -0.05) is 13.8 Å². The van der Waals surface area contributed by atoms with Crippen LogP contribution in [-0.4, -0.2) is 23.6 Å². The molecule has 4 nitrogen and oxygen atoms in total. The zero-order valence-electron chi connectivity index (χ0n) is 11.9. The lowest BCUT2D eigenvalue weighted by Gasteiger charge is -2.13. The van der Waals surface area contributed by atoms with Crippen molar-refractivity contribution in [3.05, 3.63) is 10.6 Å². The molecule has 0 saturated carbocycles. The number of carbonyl (C=O) groups excluding carboxylic acids is 1. The van der Waals surface area contributed by atoms with E-state index in [1.165, 1.54) is 4.88 Å². The van der Waals surface area contributed by atoms with Gasteiger partial charge >= 0.3 is 5.97 Å². The standard InChI is InChI=1S/C14H22N2O2S/c1-4-9(5-2)15-14-16-12-10(13(17)18-6-3)7-8-11(12)19-14/h9-10H,4-8H2,1-3H3,(H,15,16). The van der Waals surface area contributed by atoms with E-state index in [-0.39, 0.29) is 11.9 Å². The number of fused-ring (bicyclic) bond motifs is 1. The Balaban J connectivity index is 2.09. The van der Waals surface area contributed by atoms with Crippen LogP contribution in [0.3, 0.4) is 0 Å². The minimum absolute atomic E-state index is 0.124. The molecule has 1 aliphatic carbocycles. The SMILES string of the molecule is CCOC(=O)C1CCc2sc(NC(CC)CC)nc21. The molecule has 1 heterocycles. The minimum atomic E-state index is -0.150. The number of ether oxygens (including phenoxy) is 1. The molecule has 1 aromatic rings. The Kier molecular flexibility index (Phi) is 4.80. The summed E-state index contributed by atoms with van der Waals surface area (Å²) < 4.78 is 5.12. The molecule has 2 rings (SSSR count). The molecule has 106 valence electrons. The van der Waals surface area contributed by atoms with Crippen molar-refractivity contribution in [3.63, 3.8) is 0 Å². The summed E-state index contributed by atoms with van der Waals surface area (Å²) in [5, 5.41) is 4.41. The van der Waals surface area contributed by atoms with Crippen LogP contribution in [0.25, 0.3) is 0 Å². The van der Waals surface area contributed by atoms with E-state index in [1.807, 2.05) is 6.92 Å². The molecule has 0 aliphatic heterocycles. The number of carbonyl (C=O) groups is 1. The average Bonchev–Trinajstić information content (AvgIpc) is 2.95. The Morgan fingerprint density at radius 2 is 2.21 bits per heavy atom. The molecule has 1 N–H and O–H groups in total. The second kappa shape index (κ2) is 6.37. The van der Waals surface area contributed by atoms with Crippen LogP contribution < -0.4 is 5.32 Å². The van der Waals surface area contributed by atoms with Crippen molar-refractivity contribution in [2.24, 2.45) is 0 Å². The number of aromatic nitrogens is 1. The molecule has 0 amide bonds. The highest BCUT2D eigenvalue weighted by Crippen LogP contribution is 2.39. The van der Waals surface area contributed by atoms with E-state index in [1.54, 1.807) is 11.3 Å². The highest BCUT2D eigenvalue weighted by atomic mass is 32.1. The summed E-state index contributed by atoms with van der Waals surface area (Å²) in [4.78, 5) is 17.7. The third kappa shape index (κ3) is 3.08. The van der Waals surface area contributed by atoms with E-state index in [2.05, 4.69) is 24.1 Å². The predicted molar refractivity (Wildman–Crippen MR) is 77.8 cm³/mol. The van der Waals surface area contributed by atoms with Gasteiger partial charge in [-0.3, -0.25) is 4.79 Å². The van der Waals surface area contributed by atoms with Crippen molar-refractivity contribution in [1.29, 1.82) is 0 Å². The van der Waals surface area contributed by atoms with Gasteiger partial charge in [0.15, 0.2) is 5.13 Å². The molecule has 1 aromatic heterocycles. The zero-order chi connectivity index (χ0) is 13.8. The summed E-state index contributed by atoms with van der Waals surface area (Å²) in [6.45, 7) is 6.62. The first-order chi connectivity index (χ1) is 9.19. The van der Waals surface area contributed by atoms with Gasteiger partial charge in [-0.25, -0.2) is 4.98 Å². The number of nitrogens with one attached hydrogen (secondary N) is 1. The van der Waals surface area contributed by atoms with Crippen LogP contribution in [-0.2, 0) is 16.0 Å². The van der Waals surface area contributed by atoms with Gasteiger partial charge in [-0.15, -0.1) is 11.3 Å². The zero-order valence-corrected chi connectivity index (χ0v) is 12.7. The van der Waals surface area contributed by atoms with Gasteiger partial charge in [0, 0.05) is 10.9 Å². The maximum absolute atomic E-state index is 11.9. The number of nitrogens with zero attached hydrogens (tertiary/aromatic N) is 1. The van der Waals surface area contributed by atoms with E-state index in [9.17, 15) is 4.79 Å². The Labute approximate surface area is 118 Å². The van der Waals surface area contributed by atoms with Gasteiger partial charge in [0.1, 0.15) is 5.92 Å². The van der Waals surface area contributed by atoms with E-state index in [0.29, 0.717) is 12.6 Å². The summed E-state index contributed by atoms with van der Waals surface area (Å²) in [7, 11) is 0. The average molecular weight is 282 g/mol. The molecule has 0 spiro atoms. The predicted octanol–water partition coefficient (Wildman–Crippen LogP) is 3.34. The molecule has 0 radical (unpaired) electrons. The number of hydrogen-bond acceptors (Lipinski definition) is 5. The van der Waals surface area contributed by atoms with Gasteiger partial charge in [0.25, 0.3) is 0 Å². The fraction of sp³-hybridized carbons (Fsp3) is 0.714. The maximum atomic E-state index is 11.9. The first kappa shape index (κ1) is 14.3. The van der Waals surface area contributed by atoms with Gasteiger partial charge in [0.2, 0.25) is 0 Å². The van der Waals surface area contributed by atoms with Gasteiger partial charge in [-0.2, -0.15) is 0 Å². The Morgan fingerprint density at radius 3 is 2.84 bits per heavy atom. The minimum Gasteiger partial charge on any atom is -0.465 e. The molecule has 0 bridgehead atoms. The summed E-state index contributed by atoms with van der Waals surface area (Å²) in [6, 6.07) is 0.465. The lowest BCUT2D eigenvalue weighted by atomic mass is 10.1. The topological polar surface area (TPSA) is 51.2 Å². The third-order valence-corrected chi connectivity index (χ3v) is 4.66. The molecule has 19 heavy (non-hydrogen) atoms. The van der Waals surface area contributed by atoms with Crippen LogP contribution in [0.4, 0.5) is 5.13 Å².